The summed E-state index contributed by atoms with van der Waals surface area (Å²) in [5.41, 5.74) is 9.66. The van der Waals surface area contributed by atoms with E-state index in [1.165, 1.54) is 63.2 Å². The summed E-state index contributed by atoms with van der Waals surface area (Å²) in [6, 6.07) is 28.5. The third-order valence-corrected chi connectivity index (χ3v) is 6.33. The van der Waals surface area contributed by atoms with Crippen molar-refractivity contribution in [3.05, 3.63) is 119 Å². The standard InChI is InChI=1S/C13H9.C10H15.C7H6.2ClH.Zr/c1-3-7-12-10(5-1)9-11-6-2-4-8-13(11)12;1-7(2)10-6-8(3)5-9(10)4;1-7-5-3-2-4-6-7;;;/h1-5,7-8H,9H2;6-8H,1-4H3;1-6H;2*1H;/q2*-1;;;;+2/p-2. The molecule has 33 heavy (non-hydrogen) atoms. The van der Waals surface area contributed by atoms with Crippen molar-refractivity contribution in [1.82, 2.24) is 0 Å². The van der Waals surface area contributed by atoms with Gasteiger partial charge in [0, 0.05) is 0 Å². The maximum absolute atomic E-state index is 3.37. The zero-order valence-electron chi connectivity index (χ0n) is 19.7. The average Bonchev–Trinajstić information content (AvgIpc) is 3.34. The minimum atomic E-state index is 0. The summed E-state index contributed by atoms with van der Waals surface area (Å²) >= 11 is 1.46. The molecule has 0 aliphatic heterocycles. The van der Waals surface area contributed by atoms with E-state index in [0.717, 1.165) is 6.42 Å². The summed E-state index contributed by atoms with van der Waals surface area (Å²) in [6.45, 7) is 8.79. The van der Waals surface area contributed by atoms with E-state index < -0.39 is 0 Å². The first-order valence-corrected chi connectivity index (χ1v) is 12.4. The third-order valence-electron chi connectivity index (χ3n) is 5.51. The maximum atomic E-state index is 3.37. The Balaban J connectivity index is 0.000000248. The molecule has 170 valence electrons. The molecular formula is C30H30Cl2Zr-2. The third kappa shape index (κ3) is 8.33. The molecule has 0 fully saturated rings. The van der Waals surface area contributed by atoms with Crippen molar-refractivity contribution in [1.29, 1.82) is 0 Å². The fraction of sp³-hybridized carbons (Fsp3) is 0.233. The van der Waals surface area contributed by atoms with E-state index in [1.54, 1.807) is 0 Å². The summed E-state index contributed by atoms with van der Waals surface area (Å²) < 4.78 is 2.17. The number of hydrogen-bond donors (Lipinski definition) is 0. The van der Waals surface area contributed by atoms with Crippen LogP contribution in [0.2, 0.25) is 0 Å². The molecule has 0 aromatic heterocycles. The van der Waals surface area contributed by atoms with Crippen LogP contribution in [0.3, 0.4) is 0 Å². The van der Waals surface area contributed by atoms with Gasteiger partial charge in [0.1, 0.15) is 0 Å². The smallest absolute Gasteiger partial charge is 0.0253 e. The van der Waals surface area contributed by atoms with Gasteiger partial charge in [0.2, 0.25) is 0 Å². The molecule has 0 radical (unpaired) electrons. The minimum Gasteiger partial charge on any atom is -0.179 e. The quantitative estimate of drug-likeness (QED) is 0.330. The van der Waals surface area contributed by atoms with Crippen molar-refractivity contribution in [2.24, 2.45) is 11.8 Å². The Hall–Kier alpha value is -1.53. The van der Waals surface area contributed by atoms with Crippen molar-refractivity contribution in [2.45, 2.75) is 34.1 Å². The monoisotopic (exact) mass is 550 g/mol. The molecule has 2 aliphatic rings. The van der Waals surface area contributed by atoms with E-state index in [1.807, 2.05) is 12.1 Å². The number of hydrogen-bond acceptors (Lipinski definition) is 0. The number of halogens is 2. The van der Waals surface area contributed by atoms with Crippen LogP contribution >= 0.6 is 0 Å². The Bertz CT molecular complexity index is 1040. The van der Waals surface area contributed by atoms with Crippen LogP contribution in [0.4, 0.5) is 0 Å². The van der Waals surface area contributed by atoms with Crippen LogP contribution in [0.15, 0.2) is 90.0 Å². The van der Waals surface area contributed by atoms with E-state index in [9.17, 15) is 0 Å². The SMILES string of the molecule is CC1=[C-]C(C)C=C1C(C)C.[Cl-].[Cl-].[Zr+2]=[CH]c1ccccc1.[c-]1cccc2c1Cc1ccccc1-2. The van der Waals surface area contributed by atoms with Gasteiger partial charge in [-0.1, -0.05) is 74.9 Å². The maximum Gasteiger partial charge on any atom is -0.0253 e. The van der Waals surface area contributed by atoms with E-state index in [0.29, 0.717) is 11.8 Å². The summed E-state index contributed by atoms with van der Waals surface area (Å²) in [5.74, 6) is 1.20. The van der Waals surface area contributed by atoms with Gasteiger partial charge in [-0.2, -0.15) is 41.5 Å². The van der Waals surface area contributed by atoms with Gasteiger partial charge in [-0.15, -0.1) is 5.56 Å². The van der Waals surface area contributed by atoms with Gasteiger partial charge in [0.15, 0.2) is 0 Å². The summed E-state index contributed by atoms with van der Waals surface area (Å²) in [6.07, 6.45) is 6.73. The van der Waals surface area contributed by atoms with Crippen LogP contribution in [0.1, 0.15) is 44.4 Å². The van der Waals surface area contributed by atoms with Crippen LogP contribution < -0.4 is 24.8 Å². The van der Waals surface area contributed by atoms with Crippen LogP contribution in [0, 0.1) is 24.0 Å². The molecule has 3 aromatic carbocycles. The van der Waals surface area contributed by atoms with Crippen molar-refractivity contribution < 1.29 is 49.0 Å². The van der Waals surface area contributed by atoms with E-state index in [-0.39, 0.29) is 24.8 Å². The molecule has 0 N–H and O–H groups in total. The van der Waals surface area contributed by atoms with E-state index in [2.05, 4.69) is 110 Å². The van der Waals surface area contributed by atoms with Gasteiger partial charge in [0.25, 0.3) is 0 Å². The van der Waals surface area contributed by atoms with Gasteiger partial charge >= 0.3 is 63.8 Å². The predicted octanol–water partition coefficient (Wildman–Crippen LogP) is 1.42. The second-order valence-corrected chi connectivity index (χ2v) is 9.00. The molecule has 1 unspecified atom stereocenters. The van der Waals surface area contributed by atoms with Gasteiger partial charge in [-0.3, -0.25) is 6.08 Å². The Morgan fingerprint density at radius 2 is 1.55 bits per heavy atom. The second kappa shape index (κ2) is 14.7. The molecule has 1 atom stereocenters. The second-order valence-electron chi connectivity index (χ2n) is 8.29. The average molecular weight is 553 g/mol. The molecule has 0 amide bonds. The van der Waals surface area contributed by atoms with Crippen LogP contribution in [-0.4, -0.2) is 3.71 Å². The van der Waals surface area contributed by atoms with Gasteiger partial charge in [0.05, 0.1) is 0 Å². The summed E-state index contributed by atoms with van der Waals surface area (Å²) in [5, 5.41) is 0. The number of allylic oxidation sites excluding steroid dienone is 4. The van der Waals surface area contributed by atoms with Gasteiger partial charge in [-0.25, -0.2) is 5.57 Å². The molecule has 0 saturated carbocycles. The van der Waals surface area contributed by atoms with Crippen LogP contribution in [0.5, 0.6) is 0 Å². The minimum absolute atomic E-state index is 0. The number of rotatable bonds is 2. The zero-order valence-corrected chi connectivity index (χ0v) is 23.7. The largest absolute Gasteiger partial charge is 0.179 e. The Labute approximate surface area is 227 Å². The zero-order chi connectivity index (χ0) is 22.2. The fourth-order valence-corrected chi connectivity index (χ4v) is 4.51. The molecule has 2 aliphatic carbocycles. The number of benzene rings is 3. The molecule has 0 bridgehead atoms. The Morgan fingerprint density at radius 1 is 0.909 bits per heavy atom. The normalized spacial score (nSPS) is 14.6. The summed E-state index contributed by atoms with van der Waals surface area (Å²) in [7, 11) is 0. The summed E-state index contributed by atoms with van der Waals surface area (Å²) in [4.78, 5) is 0. The molecule has 0 heterocycles. The molecule has 3 heteroatoms. The molecule has 0 nitrogen and oxygen atoms in total. The van der Waals surface area contributed by atoms with Gasteiger partial charge < -0.3 is 24.8 Å². The predicted molar refractivity (Wildman–Crippen MR) is 130 cm³/mol. The molecule has 0 spiro atoms. The first kappa shape index (κ1) is 29.5. The van der Waals surface area contributed by atoms with E-state index >= 15 is 0 Å². The van der Waals surface area contributed by atoms with Crippen LogP contribution in [-0.2, 0) is 30.7 Å². The Kier molecular flexibility index (Phi) is 13.1. The topological polar surface area (TPSA) is 0 Å². The molecule has 0 saturated heterocycles. The van der Waals surface area contributed by atoms with Crippen molar-refractivity contribution in [2.75, 3.05) is 0 Å². The van der Waals surface area contributed by atoms with Crippen LogP contribution in [0.25, 0.3) is 11.1 Å². The van der Waals surface area contributed by atoms with Crippen molar-refractivity contribution in [3.8, 4) is 11.1 Å². The van der Waals surface area contributed by atoms with Gasteiger partial charge in [-0.05, 0) is 6.42 Å². The first-order valence-electron chi connectivity index (χ1n) is 10.9. The first-order chi connectivity index (χ1) is 15.0. The molecular weight excluding hydrogens is 522 g/mol. The van der Waals surface area contributed by atoms with Crippen molar-refractivity contribution >= 4 is 3.71 Å². The number of fused-ring (bicyclic) bond motifs is 3. The van der Waals surface area contributed by atoms with E-state index in [4.69, 9.17) is 0 Å². The Morgan fingerprint density at radius 3 is 2.09 bits per heavy atom. The van der Waals surface area contributed by atoms with Crippen molar-refractivity contribution in [3.63, 3.8) is 0 Å². The fourth-order valence-electron chi connectivity index (χ4n) is 4.03. The molecule has 3 aromatic rings. The molecule has 5 rings (SSSR count).